The molecular formula is C15H11Cl2FN2O. The second-order valence-electron chi connectivity index (χ2n) is 4.62. The van der Waals surface area contributed by atoms with Gasteiger partial charge in [-0.25, -0.2) is 4.39 Å². The van der Waals surface area contributed by atoms with Crippen molar-refractivity contribution >= 4 is 34.1 Å². The summed E-state index contributed by atoms with van der Waals surface area (Å²) >= 11 is 12.2. The first-order valence-electron chi connectivity index (χ1n) is 6.28. The van der Waals surface area contributed by atoms with Crippen molar-refractivity contribution in [3.8, 4) is 5.75 Å². The third-order valence-corrected chi connectivity index (χ3v) is 3.81. The average Bonchev–Trinajstić information content (AvgIpc) is 2.86. The summed E-state index contributed by atoms with van der Waals surface area (Å²) < 4.78 is 19.7. The maximum absolute atomic E-state index is 14.1. The molecule has 21 heavy (non-hydrogen) atoms. The Hall–Kier alpha value is -1.78. The van der Waals surface area contributed by atoms with E-state index in [2.05, 4.69) is 9.97 Å². The zero-order chi connectivity index (χ0) is 15.0. The van der Waals surface area contributed by atoms with Gasteiger partial charge in [-0.2, -0.15) is 0 Å². The standard InChI is InChI=1S/C15H11Cl2FN2O/c1-8(15-10(16)6-19-7-11(15)17)21-14-4-9-2-3-20-13(9)5-12(14)18/h2-8,20H,1H3. The van der Waals surface area contributed by atoms with E-state index in [1.54, 1.807) is 19.2 Å². The molecule has 1 unspecified atom stereocenters. The summed E-state index contributed by atoms with van der Waals surface area (Å²) in [5.41, 5.74) is 1.30. The highest BCUT2D eigenvalue weighted by molar-refractivity contribution is 6.35. The van der Waals surface area contributed by atoms with Crippen LogP contribution in [0.4, 0.5) is 4.39 Å². The van der Waals surface area contributed by atoms with Crippen molar-refractivity contribution in [1.82, 2.24) is 9.97 Å². The highest BCUT2D eigenvalue weighted by Crippen LogP contribution is 2.34. The lowest BCUT2D eigenvalue weighted by Gasteiger charge is -2.17. The number of H-pyrrole nitrogens is 1. The Morgan fingerprint density at radius 3 is 2.67 bits per heavy atom. The first kappa shape index (κ1) is 14.2. The first-order chi connectivity index (χ1) is 10.1. The van der Waals surface area contributed by atoms with Crippen molar-refractivity contribution in [3.63, 3.8) is 0 Å². The monoisotopic (exact) mass is 324 g/mol. The van der Waals surface area contributed by atoms with E-state index in [1.165, 1.54) is 18.5 Å². The van der Waals surface area contributed by atoms with Crippen molar-refractivity contribution < 1.29 is 9.13 Å². The quantitative estimate of drug-likeness (QED) is 0.723. The predicted molar refractivity (Wildman–Crippen MR) is 81.6 cm³/mol. The molecule has 0 aliphatic heterocycles. The summed E-state index contributed by atoms with van der Waals surface area (Å²) in [5, 5.41) is 1.64. The maximum atomic E-state index is 14.1. The molecule has 2 heterocycles. The fourth-order valence-corrected chi connectivity index (χ4v) is 2.87. The number of aromatic amines is 1. The van der Waals surface area contributed by atoms with Crippen LogP contribution < -0.4 is 4.74 Å². The summed E-state index contributed by atoms with van der Waals surface area (Å²) in [5.74, 6) is -0.295. The van der Waals surface area contributed by atoms with E-state index in [0.29, 0.717) is 21.1 Å². The van der Waals surface area contributed by atoms with Crippen molar-refractivity contribution in [2.45, 2.75) is 13.0 Å². The topological polar surface area (TPSA) is 37.9 Å². The van der Waals surface area contributed by atoms with Gasteiger partial charge in [-0.3, -0.25) is 4.98 Å². The molecule has 0 fully saturated rings. The molecule has 1 N–H and O–H groups in total. The molecule has 0 amide bonds. The number of rotatable bonds is 3. The van der Waals surface area contributed by atoms with Crippen LogP contribution in [-0.2, 0) is 0 Å². The van der Waals surface area contributed by atoms with Crippen LogP contribution in [0.3, 0.4) is 0 Å². The number of nitrogens with zero attached hydrogens (tertiary/aromatic N) is 1. The number of halogens is 3. The van der Waals surface area contributed by atoms with Gasteiger partial charge in [0.1, 0.15) is 6.10 Å². The SMILES string of the molecule is CC(Oc1cc2cc[nH]c2cc1F)c1c(Cl)cncc1Cl. The zero-order valence-corrected chi connectivity index (χ0v) is 12.5. The molecule has 0 saturated heterocycles. The average molecular weight is 325 g/mol. The van der Waals surface area contributed by atoms with Crippen molar-refractivity contribution in [1.29, 1.82) is 0 Å². The van der Waals surface area contributed by atoms with Gasteiger partial charge in [-0.1, -0.05) is 23.2 Å². The van der Waals surface area contributed by atoms with E-state index in [1.807, 2.05) is 6.07 Å². The number of ether oxygens (including phenoxy) is 1. The third-order valence-electron chi connectivity index (χ3n) is 3.21. The largest absolute Gasteiger partial charge is 0.483 e. The Balaban J connectivity index is 1.96. The van der Waals surface area contributed by atoms with Crippen molar-refractivity contribution in [2.24, 2.45) is 0 Å². The molecule has 3 rings (SSSR count). The van der Waals surface area contributed by atoms with Crippen LogP contribution in [0.2, 0.25) is 10.0 Å². The van der Waals surface area contributed by atoms with Gasteiger partial charge in [0, 0.05) is 41.1 Å². The number of pyridine rings is 1. The zero-order valence-electron chi connectivity index (χ0n) is 11.0. The molecule has 0 saturated carbocycles. The van der Waals surface area contributed by atoms with Crippen LogP contribution in [-0.4, -0.2) is 9.97 Å². The highest BCUT2D eigenvalue weighted by atomic mass is 35.5. The first-order valence-corrected chi connectivity index (χ1v) is 7.04. The summed E-state index contributed by atoms with van der Waals surface area (Å²) in [6, 6.07) is 4.88. The second kappa shape index (κ2) is 5.54. The Labute approximate surface area is 130 Å². The van der Waals surface area contributed by atoms with Crippen LogP contribution >= 0.6 is 23.2 Å². The number of fused-ring (bicyclic) bond motifs is 1. The molecule has 108 valence electrons. The van der Waals surface area contributed by atoms with Gasteiger partial charge in [0.2, 0.25) is 0 Å². The summed E-state index contributed by atoms with van der Waals surface area (Å²) in [7, 11) is 0. The molecule has 0 radical (unpaired) electrons. The molecule has 1 aromatic carbocycles. The summed E-state index contributed by atoms with van der Waals surface area (Å²) in [6.07, 6.45) is 4.20. The summed E-state index contributed by atoms with van der Waals surface area (Å²) in [6.45, 7) is 1.76. The maximum Gasteiger partial charge on any atom is 0.167 e. The fraction of sp³-hybridized carbons (Fsp3) is 0.133. The van der Waals surface area contributed by atoms with E-state index >= 15 is 0 Å². The predicted octanol–water partition coefficient (Wildman–Crippen LogP) is 5.15. The molecule has 6 heteroatoms. The molecule has 0 bridgehead atoms. The lowest BCUT2D eigenvalue weighted by Crippen LogP contribution is -2.06. The number of nitrogens with one attached hydrogen (secondary N) is 1. The van der Waals surface area contributed by atoms with Gasteiger partial charge >= 0.3 is 0 Å². The van der Waals surface area contributed by atoms with Crippen LogP contribution in [0.15, 0.2) is 36.8 Å². The van der Waals surface area contributed by atoms with Gasteiger partial charge in [-0.15, -0.1) is 0 Å². The van der Waals surface area contributed by atoms with E-state index < -0.39 is 11.9 Å². The van der Waals surface area contributed by atoms with Crippen LogP contribution in [0.5, 0.6) is 5.75 Å². The van der Waals surface area contributed by atoms with Gasteiger partial charge in [0.25, 0.3) is 0 Å². The Kier molecular flexibility index (Phi) is 3.74. The van der Waals surface area contributed by atoms with E-state index in [0.717, 1.165) is 5.39 Å². The second-order valence-corrected chi connectivity index (χ2v) is 5.44. The Morgan fingerprint density at radius 2 is 1.95 bits per heavy atom. The highest BCUT2D eigenvalue weighted by Gasteiger charge is 2.18. The van der Waals surface area contributed by atoms with Crippen molar-refractivity contribution in [3.05, 3.63) is 58.2 Å². The third kappa shape index (κ3) is 2.69. The van der Waals surface area contributed by atoms with Gasteiger partial charge in [0.15, 0.2) is 11.6 Å². The normalized spacial score (nSPS) is 12.6. The van der Waals surface area contributed by atoms with Crippen LogP contribution in [0, 0.1) is 5.82 Å². The minimum absolute atomic E-state index is 0.151. The van der Waals surface area contributed by atoms with E-state index in [-0.39, 0.29) is 5.75 Å². The number of aromatic nitrogens is 2. The van der Waals surface area contributed by atoms with E-state index in [4.69, 9.17) is 27.9 Å². The van der Waals surface area contributed by atoms with Crippen LogP contribution in [0.25, 0.3) is 10.9 Å². The Morgan fingerprint density at radius 1 is 1.24 bits per heavy atom. The van der Waals surface area contributed by atoms with Crippen LogP contribution in [0.1, 0.15) is 18.6 Å². The lowest BCUT2D eigenvalue weighted by molar-refractivity contribution is 0.217. The van der Waals surface area contributed by atoms with Gasteiger partial charge < -0.3 is 9.72 Å². The molecule has 3 nitrogen and oxygen atoms in total. The molecular weight excluding hydrogens is 314 g/mol. The number of hydrogen-bond donors (Lipinski definition) is 1. The minimum Gasteiger partial charge on any atom is -0.483 e. The van der Waals surface area contributed by atoms with Crippen molar-refractivity contribution in [2.75, 3.05) is 0 Å². The summed E-state index contributed by atoms with van der Waals surface area (Å²) in [4.78, 5) is 6.83. The molecule has 0 aliphatic rings. The van der Waals surface area contributed by atoms with Gasteiger partial charge in [-0.05, 0) is 19.1 Å². The Bertz CT molecular complexity index is 783. The lowest BCUT2D eigenvalue weighted by atomic mass is 10.1. The molecule has 1 atom stereocenters. The molecule has 0 aliphatic carbocycles. The fourth-order valence-electron chi connectivity index (χ4n) is 2.20. The molecule has 0 spiro atoms. The van der Waals surface area contributed by atoms with E-state index in [9.17, 15) is 4.39 Å². The van der Waals surface area contributed by atoms with Gasteiger partial charge in [0.05, 0.1) is 10.0 Å². The smallest absolute Gasteiger partial charge is 0.167 e. The number of benzene rings is 1. The minimum atomic E-state index is -0.501. The molecule has 3 aromatic rings. The number of hydrogen-bond acceptors (Lipinski definition) is 2. The molecule has 2 aromatic heterocycles.